The molecule has 1 heterocycles. The van der Waals surface area contributed by atoms with Crippen LogP contribution in [0.2, 0.25) is 0 Å². The van der Waals surface area contributed by atoms with E-state index in [1.165, 1.54) is 0 Å². The number of cyclic esters (lactones) is 1. The molecule has 2 rings (SSSR count). The Balaban J connectivity index is 2.34. The van der Waals surface area contributed by atoms with Crippen molar-refractivity contribution in [2.75, 3.05) is 0 Å². The Bertz CT molecular complexity index is 250. The minimum Gasteiger partial charge on any atom is -0.458 e. The number of hydrogen-bond donors (Lipinski definition) is 0. The number of rotatable bonds is 0. The van der Waals surface area contributed by atoms with Gasteiger partial charge in [-0.2, -0.15) is 0 Å². The van der Waals surface area contributed by atoms with Gasteiger partial charge < -0.3 is 4.74 Å². The second kappa shape index (κ2) is 2.22. The number of esters is 1. The molecule has 0 aromatic carbocycles. The van der Waals surface area contributed by atoms with Crippen molar-refractivity contribution in [3.05, 3.63) is 23.8 Å². The first-order valence-electron chi connectivity index (χ1n) is 3.87. The summed E-state index contributed by atoms with van der Waals surface area (Å²) in [6.45, 7) is 1.93. The van der Waals surface area contributed by atoms with Gasteiger partial charge in [-0.3, -0.25) is 0 Å². The predicted octanol–water partition coefficient (Wildman–Crippen LogP) is 1.43. The second-order valence-corrected chi connectivity index (χ2v) is 2.96. The lowest BCUT2D eigenvalue weighted by molar-refractivity contribution is -0.138. The normalized spacial score (nSPS) is 34.6. The molecule has 0 bridgehead atoms. The Morgan fingerprint density at radius 3 is 3.18 bits per heavy atom. The van der Waals surface area contributed by atoms with Crippen molar-refractivity contribution in [1.82, 2.24) is 0 Å². The van der Waals surface area contributed by atoms with Crippen LogP contribution in [-0.2, 0) is 9.53 Å². The molecule has 0 saturated carbocycles. The smallest absolute Gasteiger partial charge is 0.334 e. The van der Waals surface area contributed by atoms with Gasteiger partial charge in [0.05, 0.1) is 0 Å². The van der Waals surface area contributed by atoms with Crippen molar-refractivity contribution < 1.29 is 9.53 Å². The maximum atomic E-state index is 11.1. The summed E-state index contributed by atoms with van der Waals surface area (Å²) in [5.41, 5.74) is 0.847. The van der Waals surface area contributed by atoms with Crippen molar-refractivity contribution in [3.8, 4) is 0 Å². The van der Waals surface area contributed by atoms with Crippen LogP contribution >= 0.6 is 0 Å². The largest absolute Gasteiger partial charge is 0.458 e. The van der Waals surface area contributed by atoms with Gasteiger partial charge in [-0.05, 0) is 13.3 Å². The van der Waals surface area contributed by atoms with Crippen LogP contribution in [0.5, 0.6) is 0 Å². The van der Waals surface area contributed by atoms with Gasteiger partial charge in [-0.1, -0.05) is 18.2 Å². The minimum absolute atomic E-state index is 0.0327. The molecule has 11 heavy (non-hydrogen) atoms. The Hall–Kier alpha value is -1.05. The lowest BCUT2D eigenvalue weighted by Crippen LogP contribution is -2.10. The Morgan fingerprint density at radius 2 is 2.45 bits per heavy atom. The highest BCUT2D eigenvalue weighted by molar-refractivity contribution is 5.92. The number of allylic oxidation sites excluding steroid dienone is 2. The average Bonchev–Trinajstić information content (AvgIpc) is 2.30. The highest BCUT2D eigenvalue weighted by atomic mass is 16.5. The number of carbonyl (C=O) groups excluding carboxylic acids is 1. The lowest BCUT2D eigenvalue weighted by atomic mass is 9.92. The second-order valence-electron chi connectivity index (χ2n) is 2.96. The third-order valence-electron chi connectivity index (χ3n) is 2.21. The van der Waals surface area contributed by atoms with E-state index in [9.17, 15) is 4.79 Å². The van der Waals surface area contributed by atoms with Crippen molar-refractivity contribution >= 4 is 5.97 Å². The highest BCUT2D eigenvalue weighted by Crippen LogP contribution is 2.31. The summed E-state index contributed by atoms with van der Waals surface area (Å²) in [6.07, 6.45) is 6.99. The fourth-order valence-electron chi connectivity index (χ4n) is 1.60. The molecule has 2 atom stereocenters. The molecule has 0 aromatic heterocycles. The Labute approximate surface area is 65.5 Å². The minimum atomic E-state index is -0.133. The van der Waals surface area contributed by atoms with Gasteiger partial charge in [-0.25, -0.2) is 4.79 Å². The molecule has 1 aliphatic carbocycles. The summed E-state index contributed by atoms with van der Waals surface area (Å²) in [7, 11) is 0. The number of ether oxygens (including phenoxy) is 1. The van der Waals surface area contributed by atoms with E-state index >= 15 is 0 Å². The van der Waals surface area contributed by atoms with E-state index < -0.39 is 0 Å². The molecule has 2 heteroatoms. The Morgan fingerprint density at radius 1 is 1.64 bits per heavy atom. The van der Waals surface area contributed by atoms with Gasteiger partial charge in [0.15, 0.2) is 0 Å². The molecule has 2 nitrogen and oxygen atoms in total. The van der Waals surface area contributed by atoms with Gasteiger partial charge in [0.2, 0.25) is 0 Å². The number of hydrogen-bond acceptors (Lipinski definition) is 2. The van der Waals surface area contributed by atoms with E-state index in [2.05, 4.69) is 12.2 Å². The maximum Gasteiger partial charge on any atom is 0.334 e. The summed E-state index contributed by atoms with van der Waals surface area (Å²) in [5, 5.41) is 0. The monoisotopic (exact) mass is 150 g/mol. The van der Waals surface area contributed by atoms with Gasteiger partial charge in [0, 0.05) is 11.5 Å². The van der Waals surface area contributed by atoms with Gasteiger partial charge in [0.1, 0.15) is 6.10 Å². The van der Waals surface area contributed by atoms with E-state index in [0.717, 1.165) is 12.0 Å². The van der Waals surface area contributed by atoms with Gasteiger partial charge >= 0.3 is 5.97 Å². The maximum absolute atomic E-state index is 11.1. The average molecular weight is 150 g/mol. The highest BCUT2D eigenvalue weighted by Gasteiger charge is 2.35. The van der Waals surface area contributed by atoms with Gasteiger partial charge in [0.25, 0.3) is 0 Å². The first-order valence-corrected chi connectivity index (χ1v) is 3.87. The molecule has 2 aliphatic rings. The summed E-state index contributed by atoms with van der Waals surface area (Å²) in [6, 6.07) is 0. The zero-order valence-electron chi connectivity index (χ0n) is 6.41. The molecular formula is C9H10O2. The molecule has 0 N–H and O–H groups in total. The zero-order valence-corrected chi connectivity index (χ0v) is 6.41. The van der Waals surface area contributed by atoms with Crippen LogP contribution in [0.25, 0.3) is 0 Å². The SMILES string of the molecule is C[C@H]1OC(=O)C2=CCC=C[C@@H]21. The van der Waals surface area contributed by atoms with E-state index in [1.807, 2.05) is 13.0 Å². The zero-order chi connectivity index (χ0) is 7.84. The first-order chi connectivity index (χ1) is 5.29. The molecule has 0 spiro atoms. The predicted molar refractivity (Wildman–Crippen MR) is 40.9 cm³/mol. The van der Waals surface area contributed by atoms with E-state index in [0.29, 0.717) is 0 Å². The third-order valence-corrected chi connectivity index (χ3v) is 2.21. The van der Waals surface area contributed by atoms with Crippen molar-refractivity contribution in [1.29, 1.82) is 0 Å². The number of fused-ring (bicyclic) bond motifs is 1. The molecule has 0 amide bonds. The van der Waals surface area contributed by atoms with Crippen LogP contribution in [0, 0.1) is 5.92 Å². The van der Waals surface area contributed by atoms with Gasteiger partial charge in [-0.15, -0.1) is 0 Å². The summed E-state index contributed by atoms with van der Waals surface area (Å²) in [4.78, 5) is 11.1. The van der Waals surface area contributed by atoms with Crippen molar-refractivity contribution in [2.24, 2.45) is 5.92 Å². The summed E-state index contributed by atoms with van der Waals surface area (Å²) >= 11 is 0. The Kier molecular flexibility index (Phi) is 1.34. The molecule has 1 aliphatic heterocycles. The molecule has 0 unspecified atom stereocenters. The molecule has 1 saturated heterocycles. The standard InChI is InChI=1S/C9H10O2/c1-6-7-4-2-3-5-8(7)9(10)11-6/h2,4-7H,3H2,1H3/t6-,7-/m1/s1. The molecule has 58 valence electrons. The molecule has 0 aromatic rings. The van der Waals surface area contributed by atoms with Crippen LogP contribution in [0.1, 0.15) is 13.3 Å². The van der Waals surface area contributed by atoms with Crippen LogP contribution in [-0.4, -0.2) is 12.1 Å². The molecule has 1 fully saturated rings. The number of carbonyl (C=O) groups is 1. The van der Waals surface area contributed by atoms with Crippen molar-refractivity contribution in [3.63, 3.8) is 0 Å². The summed E-state index contributed by atoms with van der Waals surface area (Å²) in [5.74, 6) is 0.0862. The van der Waals surface area contributed by atoms with E-state index in [-0.39, 0.29) is 18.0 Å². The fraction of sp³-hybridized carbons (Fsp3) is 0.444. The summed E-state index contributed by atoms with van der Waals surface area (Å²) < 4.78 is 5.05. The van der Waals surface area contributed by atoms with E-state index in [1.54, 1.807) is 0 Å². The topological polar surface area (TPSA) is 26.3 Å². The third kappa shape index (κ3) is 0.897. The van der Waals surface area contributed by atoms with Crippen LogP contribution < -0.4 is 0 Å². The van der Waals surface area contributed by atoms with E-state index in [4.69, 9.17) is 4.74 Å². The van der Waals surface area contributed by atoms with Crippen LogP contribution in [0.3, 0.4) is 0 Å². The molecular weight excluding hydrogens is 140 g/mol. The molecule has 0 radical (unpaired) electrons. The van der Waals surface area contributed by atoms with Crippen LogP contribution in [0.4, 0.5) is 0 Å². The van der Waals surface area contributed by atoms with Crippen molar-refractivity contribution in [2.45, 2.75) is 19.4 Å². The fourth-order valence-corrected chi connectivity index (χ4v) is 1.60. The first kappa shape index (κ1) is 6.65. The quantitative estimate of drug-likeness (QED) is 0.385. The van der Waals surface area contributed by atoms with Crippen LogP contribution in [0.15, 0.2) is 23.8 Å². The lowest BCUT2D eigenvalue weighted by Gasteiger charge is -2.10.